The molecule has 202 valence electrons. The number of alkyl halides is 3. The summed E-state index contributed by atoms with van der Waals surface area (Å²) >= 11 is 0. The molecule has 0 radical (unpaired) electrons. The fraction of sp³-hybridized carbons (Fsp3) is 0.607. The molecule has 37 heavy (non-hydrogen) atoms. The van der Waals surface area contributed by atoms with Crippen molar-refractivity contribution < 1.29 is 32.3 Å². The van der Waals surface area contributed by atoms with Crippen LogP contribution in [0.25, 0.3) is 0 Å². The molecule has 1 aliphatic heterocycles. The molecule has 1 fully saturated rings. The fourth-order valence-electron chi connectivity index (χ4n) is 5.88. The van der Waals surface area contributed by atoms with Gasteiger partial charge in [0.25, 0.3) is 11.8 Å². The molecule has 2 amide bonds. The minimum atomic E-state index is -5.21. The van der Waals surface area contributed by atoms with Crippen molar-refractivity contribution in [1.29, 1.82) is 0 Å². The summed E-state index contributed by atoms with van der Waals surface area (Å²) in [5.41, 5.74) is -4.56. The van der Waals surface area contributed by atoms with Gasteiger partial charge in [0.2, 0.25) is 5.54 Å². The predicted molar refractivity (Wildman–Crippen MR) is 132 cm³/mol. The maximum Gasteiger partial charge on any atom is 0.425 e. The number of ether oxygens (including phenoxy) is 1. The Morgan fingerprint density at radius 1 is 1.03 bits per heavy atom. The van der Waals surface area contributed by atoms with Crippen LogP contribution in [0.2, 0.25) is 0 Å². The molecule has 1 saturated carbocycles. The molecular weight excluding hydrogens is 485 g/mol. The zero-order valence-corrected chi connectivity index (χ0v) is 21.8. The lowest BCUT2D eigenvalue weighted by Crippen LogP contribution is -2.66. The van der Waals surface area contributed by atoms with Crippen molar-refractivity contribution in [1.82, 2.24) is 10.2 Å². The number of nitrogens with zero attached hydrogens (tertiary/aromatic N) is 1. The number of hydrogen-bond acceptors (Lipinski definition) is 4. The van der Waals surface area contributed by atoms with Crippen molar-refractivity contribution in [3.63, 3.8) is 0 Å². The van der Waals surface area contributed by atoms with Crippen LogP contribution in [0.3, 0.4) is 0 Å². The Bertz CT molecular complexity index is 1100. The van der Waals surface area contributed by atoms with Crippen LogP contribution >= 0.6 is 0 Å². The Balaban J connectivity index is 1.79. The van der Waals surface area contributed by atoms with Gasteiger partial charge in [-0.05, 0) is 62.8 Å². The van der Waals surface area contributed by atoms with Crippen LogP contribution < -0.4 is 10.1 Å². The molecule has 0 aromatic heterocycles. The average molecular weight is 521 g/mol. The first-order valence-electron chi connectivity index (χ1n) is 13.0. The van der Waals surface area contributed by atoms with E-state index in [9.17, 15) is 14.4 Å². The monoisotopic (exact) mass is 520 g/mol. The summed E-state index contributed by atoms with van der Waals surface area (Å²) in [5, 5.41) is 2.03. The van der Waals surface area contributed by atoms with Crippen molar-refractivity contribution in [3.8, 4) is 5.75 Å². The van der Waals surface area contributed by atoms with Crippen LogP contribution in [0.4, 0.5) is 13.2 Å². The second-order valence-electron chi connectivity index (χ2n) is 11.5. The lowest BCUT2D eigenvalue weighted by molar-refractivity contribution is -0.191. The summed E-state index contributed by atoms with van der Waals surface area (Å²) in [6.07, 6.45) is -0.678. The van der Waals surface area contributed by atoms with Gasteiger partial charge in [0.15, 0.2) is 5.78 Å². The number of benzene rings is 1. The normalized spacial score (nSPS) is 24.8. The van der Waals surface area contributed by atoms with Crippen LogP contribution in [0.5, 0.6) is 5.75 Å². The zero-order chi connectivity index (χ0) is 27.2. The summed E-state index contributed by atoms with van der Waals surface area (Å²) in [5.74, 6) is -2.62. The highest BCUT2D eigenvalue weighted by molar-refractivity contribution is 6.14. The molecule has 1 aromatic carbocycles. The standard InChI is InChI=1S/C28H35F3N2O4/c1-17(2)37-20-13-11-18(12-14-20)24(35)32-27(28(29,30)31)23-21(15-26(3,4)16-22(23)34)33(25(27)36)19-9-7-5-6-8-10-19/h11-14,17,19H,5-10,15-16H2,1-4H3,(H,32,35)/t27-/m1/s1. The van der Waals surface area contributed by atoms with E-state index in [2.05, 4.69) is 0 Å². The maximum absolute atomic E-state index is 15.0. The first-order valence-corrected chi connectivity index (χ1v) is 13.0. The van der Waals surface area contributed by atoms with E-state index in [0.29, 0.717) is 18.6 Å². The number of allylic oxidation sites excluding steroid dienone is 1. The maximum atomic E-state index is 15.0. The third kappa shape index (κ3) is 5.01. The minimum absolute atomic E-state index is 0.0637. The van der Waals surface area contributed by atoms with Gasteiger partial charge in [-0.15, -0.1) is 0 Å². The van der Waals surface area contributed by atoms with E-state index in [1.165, 1.54) is 29.2 Å². The van der Waals surface area contributed by atoms with Crippen LogP contribution in [-0.2, 0) is 9.59 Å². The Morgan fingerprint density at radius 3 is 2.16 bits per heavy atom. The number of hydrogen-bond donors (Lipinski definition) is 1. The molecule has 0 unspecified atom stereocenters. The van der Waals surface area contributed by atoms with E-state index in [-0.39, 0.29) is 30.2 Å². The molecule has 0 saturated heterocycles. The van der Waals surface area contributed by atoms with Crippen molar-refractivity contribution in [3.05, 3.63) is 41.1 Å². The van der Waals surface area contributed by atoms with Gasteiger partial charge in [-0.3, -0.25) is 14.4 Å². The molecule has 1 N–H and O–H groups in total. The van der Waals surface area contributed by atoms with Crippen LogP contribution in [0.15, 0.2) is 35.5 Å². The molecule has 1 aromatic rings. The van der Waals surface area contributed by atoms with E-state index in [1.807, 2.05) is 33.0 Å². The van der Waals surface area contributed by atoms with Crippen LogP contribution in [-0.4, -0.2) is 46.4 Å². The lowest BCUT2D eigenvalue weighted by atomic mass is 9.72. The summed E-state index contributed by atoms with van der Waals surface area (Å²) in [7, 11) is 0. The van der Waals surface area contributed by atoms with Crippen molar-refractivity contribution in [2.24, 2.45) is 5.41 Å². The number of Topliss-reactive ketones (excluding diaryl/α,β-unsaturated/α-hetero) is 1. The van der Waals surface area contributed by atoms with Gasteiger partial charge in [0, 0.05) is 23.7 Å². The number of amides is 2. The van der Waals surface area contributed by atoms with E-state index in [1.54, 1.807) is 0 Å². The first kappa shape index (κ1) is 27.2. The molecule has 1 atom stereocenters. The molecule has 1 heterocycles. The quantitative estimate of drug-likeness (QED) is 0.505. The third-order valence-electron chi connectivity index (χ3n) is 7.46. The Labute approximate surface area is 215 Å². The molecule has 2 aliphatic carbocycles. The SMILES string of the molecule is CC(C)Oc1ccc(C(=O)N[C@@]2(C(F)(F)F)C(=O)N(C3CCCCCC3)C3=C2C(=O)CC(C)(C)C3)cc1. The van der Waals surface area contributed by atoms with Crippen LogP contribution in [0, 0.1) is 5.41 Å². The Hall–Kier alpha value is -2.84. The highest BCUT2D eigenvalue weighted by Gasteiger charge is 2.72. The highest BCUT2D eigenvalue weighted by Crippen LogP contribution is 2.53. The third-order valence-corrected chi connectivity index (χ3v) is 7.46. The molecule has 0 spiro atoms. The average Bonchev–Trinajstić information content (AvgIpc) is 2.93. The Morgan fingerprint density at radius 2 is 1.62 bits per heavy atom. The molecule has 9 heteroatoms. The van der Waals surface area contributed by atoms with Crippen molar-refractivity contribution in [2.75, 3.05) is 0 Å². The summed E-state index contributed by atoms with van der Waals surface area (Å²) < 4.78 is 50.7. The minimum Gasteiger partial charge on any atom is -0.491 e. The van der Waals surface area contributed by atoms with E-state index in [0.717, 1.165) is 25.7 Å². The summed E-state index contributed by atoms with van der Waals surface area (Å²) in [6.45, 7) is 7.29. The van der Waals surface area contributed by atoms with E-state index < -0.39 is 46.3 Å². The van der Waals surface area contributed by atoms with Crippen molar-refractivity contribution in [2.45, 2.75) is 103 Å². The zero-order valence-electron chi connectivity index (χ0n) is 21.8. The lowest BCUT2D eigenvalue weighted by Gasteiger charge is -2.36. The van der Waals surface area contributed by atoms with Gasteiger partial charge >= 0.3 is 6.18 Å². The number of halogens is 3. The molecule has 3 aliphatic rings. The number of ketones is 1. The second kappa shape index (κ2) is 9.80. The summed E-state index contributed by atoms with van der Waals surface area (Å²) in [4.78, 5) is 41.7. The van der Waals surface area contributed by atoms with Gasteiger partial charge in [0.1, 0.15) is 5.75 Å². The largest absolute Gasteiger partial charge is 0.491 e. The molecule has 6 nitrogen and oxygen atoms in total. The number of carbonyl (C=O) groups is 3. The number of rotatable bonds is 5. The van der Waals surface area contributed by atoms with Gasteiger partial charge in [-0.1, -0.05) is 39.5 Å². The van der Waals surface area contributed by atoms with Gasteiger partial charge in [0.05, 0.1) is 11.7 Å². The topological polar surface area (TPSA) is 75.7 Å². The fourth-order valence-corrected chi connectivity index (χ4v) is 5.88. The number of nitrogens with one attached hydrogen (secondary N) is 1. The molecular formula is C28H35F3N2O4. The summed E-state index contributed by atoms with van der Waals surface area (Å²) in [6, 6.07) is 5.24. The first-order chi connectivity index (χ1) is 17.3. The van der Waals surface area contributed by atoms with Crippen molar-refractivity contribution >= 4 is 17.6 Å². The van der Waals surface area contributed by atoms with E-state index in [4.69, 9.17) is 4.74 Å². The highest BCUT2D eigenvalue weighted by atomic mass is 19.4. The number of carbonyl (C=O) groups excluding carboxylic acids is 3. The van der Waals surface area contributed by atoms with Gasteiger partial charge in [-0.25, -0.2) is 0 Å². The predicted octanol–water partition coefficient (Wildman–Crippen LogP) is 5.71. The van der Waals surface area contributed by atoms with Gasteiger partial charge in [-0.2, -0.15) is 13.2 Å². The molecule has 4 rings (SSSR count). The second-order valence-corrected chi connectivity index (χ2v) is 11.5. The van der Waals surface area contributed by atoms with Crippen LogP contribution in [0.1, 0.15) is 89.4 Å². The Kier molecular flexibility index (Phi) is 7.20. The molecule has 0 bridgehead atoms. The smallest absolute Gasteiger partial charge is 0.425 e. The van der Waals surface area contributed by atoms with Gasteiger partial charge < -0.3 is 15.0 Å². The van der Waals surface area contributed by atoms with E-state index >= 15 is 13.2 Å².